The summed E-state index contributed by atoms with van der Waals surface area (Å²) in [6.45, 7) is 0. The first-order valence-electron chi connectivity index (χ1n) is 9.73. The Hall–Kier alpha value is -3.43. The first-order chi connectivity index (χ1) is 14.0. The van der Waals surface area contributed by atoms with Crippen molar-refractivity contribution in [1.29, 1.82) is 5.26 Å². The number of carboxylic acid groups (broad SMARTS) is 1. The fourth-order valence-corrected chi connectivity index (χ4v) is 4.20. The van der Waals surface area contributed by atoms with Crippen LogP contribution in [-0.4, -0.2) is 26.6 Å². The summed E-state index contributed by atoms with van der Waals surface area (Å²) in [5, 5.41) is 18.9. The van der Waals surface area contributed by atoms with Gasteiger partial charge in [-0.1, -0.05) is 12.1 Å². The second kappa shape index (κ2) is 6.29. The van der Waals surface area contributed by atoms with Gasteiger partial charge in [-0.05, 0) is 55.0 Å². The van der Waals surface area contributed by atoms with Gasteiger partial charge in [0.1, 0.15) is 0 Å². The molecule has 29 heavy (non-hydrogen) atoms. The fourth-order valence-electron chi connectivity index (χ4n) is 4.20. The second-order valence-electron chi connectivity index (χ2n) is 8.09. The van der Waals surface area contributed by atoms with Crippen LogP contribution in [0.1, 0.15) is 45.6 Å². The summed E-state index contributed by atoms with van der Waals surface area (Å²) in [4.78, 5) is 20.0. The molecule has 5 rings (SSSR count). The van der Waals surface area contributed by atoms with Gasteiger partial charge in [-0.15, -0.1) is 0 Å². The van der Waals surface area contributed by atoms with Crippen LogP contribution in [0.4, 0.5) is 0 Å². The third-order valence-corrected chi connectivity index (χ3v) is 6.03. The smallest absolute Gasteiger partial charge is 0.337 e. The number of H-pyrrole nitrogens is 1. The minimum Gasteiger partial charge on any atom is -0.478 e. The third kappa shape index (κ3) is 3.00. The van der Waals surface area contributed by atoms with E-state index in [0.717, 1.165) is 58.6 Å². The van der Waals surface area contributed by atoms with Gasteiger partial charge >= 0.3 is 5.97 Å². The third-order valence-electron chi connectivity index (χ3n) is 6.03. The zero-order chi connectivity index (χ0) is 20.2. The molecule has 0 saturated heterocycles. The molecule has 0 aliphatic heterocycles. The number of carbonyl (C=O) groups is 1. The number of rotatable bonds is 4. The van der Waals surface area contributed by atoms with E-state index >= 15 is 0 Å². The molecule has 1 fully saturated rings. The number of benzene rings is 1. The topological polar surface area (TPSA) is 116 Å². The number of aromatic amines is 1. The van der Waals surface area contributed by atoms with E-state index in [9.17, 15) is 9.90 Å². The number of hydrogen-bond donors (Lipinski definition) is 3. The van der Waals surface area contributed by atoms with Crippen molar-refractivity contribution in [1.82, 2.24) is 9.97 Å². The van der Waals surface area contributed by atoms with Crippen LogP contribution < -0.4 is 5.73 Å². The van der Waals surface area contributed by atoms with Crippen molar-refractivity contribution >= 4 is 5.97 Å². The van der Waals surface area contributed by atoms with Crippen LogP contribution in [0.2, 0.25) is 0 Å². The van der Waals surface area contributed by atoms with Gasteiger partial charge in [-0.2, -0.15) is 5.26 Å². The predicted octanol–water partition coefficient (Wildman–Crippen LogP) is 3.45. The van der Waals surface area contributed by atoms with Crippen LogP contribution in [-0.2, 0) is 19.3 Å². The standard InChI is InChI=1S/C23H20N4O2/c24-11-13-1-3-14(4-2-13)18-9-17-15(12-26-18)5-6-16-20(22(28)29)19(27-21(16)17)10-23(25)7-8-23/h1-4,9,12,27H,5-8,10,25H2,(H,28,29). The van der Waals surface area contributed by atoms with Gasteiger partial charge < -0.3 is 15.8 Å². The number of aromatic nitrogens is 2. The molecule has 1 aromatic carbocycles. The van der Waals surface area contributed by atoms with Crippen molar-refractivity contribution in [2.75, 3.05) is 0 Å². The average Bonchev–Trinajstić information content (AvgIpc) is 3.33. The monoisotopic (exact) mass is 384 g/mol. The highest BCUT2D eigenvalue weighted by molar-refractivity contribution is 5.95. The van der Waals surface area contributed by atoms with Crippen LogP contribution in [0.25, 0.3) is 22.5 Å². The summed E-state index contributed by atoms with van der Waals surface area (Å²) >= 11 is 0. The summed E-state index contributed by atoms with van der Waals surface area (Å²) in [5.41, 5.74) is 13.3. The molecule has 4 N–H and O–H groups in total. The van der Waals surface area contributed by atoms with Crippen molar-refractivity contribution in [3.63, 3.8) is 0 Å². The maximum atomic E-state index is 12.0. The molecule has 2 heterocycles. The zero-order valence-corrected chi connectivity index (χ0v) is 15.8. The molecule has 2 aliphatic carbocycles. The number of fused-ring (bicyclic) bond motifs is 3. The SMILES string of the molecule is N#Cc1ccc(-c2cc3c(cn2)CCc2c-3[nH]c(CC3(N)CC3)c2C(=O)O)cc1. The van der Waals surface area contributed by atoms with E-state index < -0.39 is 5.97 Å². The average molecular weight is 384 g/mol. The molecule has 2 aromatic heterocycles. The molecule has 0 bridgehead atoms. The summed E-state index contributed by atoms with van der Waals surface area (Å²) in [6, 6.07) is 11.4. The van der Waals surface area contributed by atoms with Gasteiger partial charge in [0.15, 0.2) is 0 Å². The maximum absolute atomic E-state index is 12.0. The Morgan fingerprint density at radius 1 is 1.28 bits per heavy atom. The summed E-state index contributed by atoms with van der Waals surface area (Å²) in [7, 11) is 0. The highest BCUT2D eigenvalue weighted by atomic mass is 16.4. The Morgan fingerprint density at radius 2 is 2.03 bits per heavy atom. The van der Waals surface area contributed by atoms with Crippen molar-refractivity contribution in [2.45, 2.75) is 37.6 Å². The Labute approximate surface area is 168 Å². The Balaban J connectivity index is 1.61. The number of nitriles is 1. The van der Waals surface area contributed by atoms with Crippen molar-refractivity contribution in [3.8, 4) is 28.6 Å². The van der Waals surface area contributed by atoms with E-state index in [1.165, 1.54) is 0 Å². The number of pyridine rings is 1. The van der Waals surface area contributed by atoms with E-state index in [1.807, 2.05) is 24.4 Å². The lowest BCUT2D eigenvalue weighted by Gasteiger charge is -2.17. The largest absolute Gasteiger partial charge is 0.478 e. The minimum atomic E-state index is -0.897. The molecule has 1 saturated carbocycles. The number of nitrogens with zero attached hydrogens (tertiary/aromatic N) is 2. The van der Waals surface area contributed by atoms with Gasteiger partial charge in [-0.3, -0.25) is 4.98 Å². The summed E-state index contributed by atoms with van der Waals surface area (Å²) < 4.78 is 0. The lowest BCUT2D eigenvalue weighted by Crippen LogP contribution is -2.25. The summed E-state index contributed by atoms with van der Waals surface area (Å²) in [5.74, 6) is -0.897. The number of nitrogens with one attached hydrogen (secondary N) is 1. The lowest BCUT2D eigenvalue weighted by atomic mass is 9.88. The Morgan fingerprint density at radius 3 is 2.69 bits per heavy atom. The molecular formula is C23H20N4O2. The first-order valence-corrected chi connectivity index (χ1v) is 9.73. The normalized spacial score (nSPS) is 15.9. The number of aromatic carboxylic acids is 1. The molecule has 144 valence electrons. The number of aryl methyl sites for hydroxylation is 1. The Bertz CT molecular complexity index is 1180. The molecule has 0 atom stereocenters. The van der Waals surface area contributed by atoms with E-state index in [-0.39, 0.29) is 5.54 Å². The molecule has 0 amide bonds. The number of nitrogens with two attached hydrogens (primary N) is 1. The van der Waals surface area contributed by atoms with Gasteiger partial charge in [0, 0.05) is 35.0 Å². The summed E-state index contributed by atoms with van der Waals surface area (Å²) in [6.07, 6.45) is 5.73. The minimum absolute atomic E-state index is 0.271. The molecule has 6 heteroatoms. The molecule has 6 nitrogen and oxygen atoms in total. The fraction of sp³-hybridized carbons (Fsp3) is 0.261. The van der Waals surface area contributed by atoms with Crippen LogP contribution in [0.3, 0.4) is 0 Å². The zero-order valence-electron chi connectivity index (χ0n) is 15.8. The van der Waals surface area contributed by atoms with Crippen molar-refractivity contribution < 1.29 is 9.90 Å². The Kier molecular flexibility index (Phi) is 3.83. The molecule has 0 spiro atoms. The lowest BCUT2D eigenvalue weighted by molar-refractivity contribution is 0.0694. The predicted molar refractivity (Wildman–Crippen MR) is 108 cm³/mol. The van der Waals surface area contributed by atoms with Crippen LogP contribution in [0, 0.1) is 11.3 Å². The quantitative estimate of drug-likeness (QED) is 0.637. The number of hydrogen-bond acceptors (Lipinski definition) is 4. The van der Waals surface area contributed by atoms with E-state index in [1.54, 1.807) is 12.1 Å². The van der Waals surface area contributed by atoms with Gasteiger partial charge in [0.25, 0.3) is 0 Å². The molecule has 0 radical (unpaired) electrons. The molecular weight excluding hydrogens is 364 g/mol. The van der Waals surface area contributed by atoms with Crippen LogP contribution in [0.15, 0.2) is 36.5 Å². The van der Waals surface area contributed by atoms with E-state index in [2.05, 4.69) is 16.0 Å². The van der Waals surface area contributed by atoms with Crippen molar-refractivity contribution in [3.05, 3.63) is 64.5 Å². The molecule has 0 unspecified atom stereocenters. The first kappa shape index (κ1) is 17.7. The highest BCUT2D eigenvalue weighted by Crippen LogP contribution is 2.41. The van der Waals surface area contributed by atoms with Crippen molar-refractivity contribution in [2.24, 2.45) is 5.73 Å². The number of carboxylic acids is 1. The molecule has 3 aromatic rings. The van der Waals surface area contributed by atoms with E-state index in [4.69, 9.17) is 11.0 Å². The van der Waals surface area contributed by atoms with Gasteiger partial charge in [0.2, 0.25) is 0 Å². The van der Waals surface area contributed by atoms with Gasteiger partial charge in [0.05, 0.1) is 28.6 Å². The van der Waals surface area contributed by atoms with Crippen LogP contribution in [0.5, 0.6) is 0 Å². The maximum Gasteiger partial charge on any atom is 0.337 e. The van der Waals surface area contributed by atoms with Crippen LogP contribution >= 0.6 is 0 Å². The highest BCUT2D eigenvalue weighted by Gasteiger charge is 2.40. The van der Waals surface area contributed by atoms with E-state index in [0.29, 0.717) is 24.0 Å². The molecule has 2 aliphatic rings. The van der Waals surface area contributed by atoms with Gasteiger partial charge in [-0.25, -0.2) is 4.79 Å². The second-order valence-corrected chi connectivity index (χ2v) is 8.09.